The van der Waals surface area contributed by atoms with Crippen molar-refractivity contribution in [2.45, 2.75) is 33.2 Å². The molecule has 0 atom stereocenters. The first-order chi connectivity index (χ1) is 8.65. The molecule has 0 spiro atoms. The van der Waals surface area contributed by atoms with Gasteiger partial charge in [-0.25, -0.2) is 4.79 Å². The molecule has 0 saturated carbocycles. The molecule has 0 aliphatic carbocycles. The minimum absolute atomic E-state index is 0.899. The highest BCUT2D eigenvalue weighted by Gasteiger charge is 2.05. The molecule has 0 fully saturated rings. The van der Waals surface area contributed by atoms with E-state index in [0.29, 0.717) is 0 Å². The van der Waals surface area contributed by atoms with E-state index in [1.807, 2.05) is 6.07 Å². The lowest BCUT2D eigenvalue weighted by Crippen LogP contribution is -2.24. The van der Waals surface area contributed by atoms with Crippen LogP contribution in [0.4, 0.5) is 0 Å². The average Bonchev–Trinajstić information content (AvgIpc) is 2.75. The Labute approximate surface area is 113 Å². The molecule has 0 aliphatic heterocycles. The van der Waals surface area contributed by atoms with Gasteiger partial charge in [0.15, 0.2) is 0 Å². The van der Waals surface area contributed by atoms with Gasteiger partial charge < -0.3 is 5.11 Å². The number of thiophene rings is 1. The molecular formula is C14H21NO2S. The summed E-state index contributed by atoms with van der Waals surface area (Å²) in [5.41, 5.74) is 0. The van der Waals surface area contributed by atoms with Gasteiger partial charge in [-0.15, -0.1) is 11.3 Å². The second-order valence-corrected chi connectivity index (χ2v) is 5.45. The van der Waals surface area contributed by atoms with Crippen LogP contribution in [0.3, 0.4) is 0 Å². The zero-order valence-corrected chi connectivity index (χ0v) is 11.9. The van der Waals surface area contributed by atoms with E-state index in [1.165, 1.54) is 11.0 Å². The van der Waals surface area contributed by atoms with Crippen LogP contribution >= 0.6 is 11.3 Å². The molecule has 1 aromatic rings. The molecule has 1 N–H and O–H groups in total. The van der Waals surface area contributed by atoms with E-state index >= 15 is 0 Å². The van der Waals surface area contributed by atoms with Crippen LogP contribution < -0.4 is 0 Å². The molecule has 18 heavy (non-hydrogen) atoms. The molecule has 4 heteroatoms. The Morgan fingerprint density at radius 1 is 1.33 bits per heavy atom. The molecular weight excluding hydrogens is 246 g/mol. The van der Waals surface area contributed by atoms with Crippen molar-refractivity contribution < 1.29 is 9.90 Å². The van der Waals surface area contributed by atoms with Crippen molar-refractivity contribution in [1.82, 2.24) is 4.90 Å². The van der Waals surface area contributed by atoms with Gasteiger partial charge in [-0.05, 0) is 44.1 Å². The van der Waals surface area contributed by atoms with Crippen molar-refractivity contribution in [1.29, 1.82) is 0 Å². The monoisotopic (exact) mass is 267 g/mol. The van der Waals surface area contributed by atoms with Crippen LogP contribution in [0.5, 0.6) is 0 Å². The summed E-state index contributed by atoms with van der Waals surface area (Å²) >= 11 is 1.66. The summed E-state index contributed by atoms with van der Waals surface area (Å²) in [6, 6.07) is 4.07. The fourth-order valence-corrected chi connectivity index (χ4v) is 2.80. The lowest BCUT2D eigenvalue weighted by atomic mass is 10.3. The predicted octanol–water partition coefficient (Wildman–Crippen LogP) is 3.47. The van der Waals surface area contributed by atoms with Gasteiger partial charge in [0.1, 0.15) is 0 Å². The lowest BCUT2D eigenvalue weighted by molar-refractivity contribution is -0.131. The van der Waals surface area contributed by atoms with E-state index in [0.717, 1.165) is 37.4 Å². The number of carboxylic acids is 1. The Bertz CT molecular complexity index is 392. The second kappa shape index (κ2) is 8.06. The molecule has 0 bridgehead atoms. The van der Waals surface area contributed by atoms with E-state index < -0.39 is 5.97 Å². The second-order valence-electron chi connectivity index (χ2n) is 4.25. The Morgan fingerprint density at radius 2 is 2.00 bits per heavy atom. The van der Waals surface area contributed by atoms with Crippen LogP contribution in [-0.2, 0) is 11.3 Å². The molecule has 0 saturated heterocycles. The maximum Gasteiger partial charge on any atom is 0.328 e. The van der Waals surface area contributed by atoms with E-state index in [2.05, 4.69) is 24.8 Å². The highest BCUT2D eigenvalue weighted by molar-refractivity contribution is 7.12. The van der Waals surface area contributed by atoms with Crippen molar-refractivity contribution >= 4 is 23.4 Å². The van der Waals surface area contributed by atoms with Gasteiger partial charge in [-0.2, -0.15) is 0 Å². The maximum absolute atomic E-state index is 10.4. The van der Waals surface area contributed by atoms with Gasteiger partial charge in [0.2, 0.25) is 0 Å². The normalized spacial score (nSPS) is 11.5. The van der Waals surface area contributed by atoms with Gasteiger partial charge in [0.05, 0.1) is 0 Å². The van der Waals surface area contributed by atoms with Crippen molar-refractivity contribution in [3.8, 4) is 0 Å². The average molecular weight is 267 g/mol. The summed E-state index contributed by atoms with van der Waals surface area (Å²) in [5, 5.41) is 8.58. The number of carbonyl (C=O) groups is 1. The minimum atomic E-state index is -0.899. The number of nitrogens with zero attached hydrogens (tertiary/aromatic N) is 1. The van der Waals surface area contributed by atoms with E-state index in [1.54, 1.807) is 17.4 Å². The zero-order valence-electron chi connectivity index (χ0n) is 11.1. The summed E-state index contributed by atoms with van der Waals surface area (Å²) in [5.74, 6) is -0.899. The third kappa shape index (κ3) is 5.47. The number of hydrogen-bond acceptors (Lipinski definition) is 3. The van der Waals surface area contributed by atoms with Crippen molar-refractivity contribution in [3.63, 3.8) is 0 Å². The number of aliphatic carboxylic acids is 1. The number of rotatable bonds is 8. The van der Waals surface area contributed by atoms with Crippen LogP contribution in [-0.4, -0.2) is 29.1 Å². The Balaban J connectivity index is 2.58. The first-order valence-corrected chi connectivity index (χ1v) is 7.19. The maximum atomic E-state index is 10.4. The molecule has 1 rings (SSSR count). The Hall–Kier alpha value is -1.13. The Kier molecular flexibility index (Phi) is 6.68. The number of hydrogen-bond donors (Lipinski definition) is 1. The minimum Gasteiger partial charge on any atom is -0.478 e. The smallest absolute Gasteiger partial charge is 0.328 e. The predicted molar refractivity (Wildman–Crippen MR) is 76.8 cm³/mol. The van der Waals surface area contributed by atoms with E-state index in [9.17, 15) is 4.79 Å². The highest BCUT2D eigenvalue weighted by Crippen LogP contribution is 2.20. The van der Waals surface area contributed by atoms with Gasteiger partial charge in [0.25, 0.3) is 0 Å². The largest absolute Gasteiger partial charge is 0.478 e. The fourth-order valence-electron chi connectivity index (χ4n) is 1.85. The summed E-state index contributed by atoms with van der Waals surface area (Å²) in [6.07, 6.45) is 5.17. The standard InChI is InChI=1S/C14H21NO2S/c1-3-9-15(10-4-2)11-13-6-5-12(18-13)7-8-14(16)17/h5-8H,3-4,9-11H2,1-2H3,(H,16,17). The lowest BCUT2D eigenvalue weighted by Gasteiger charge is -2.19. The molecule has 0 aliphatic rings. The molecule has 0 unspecified atom stereocenters. The van der Waals surface area contributed by atoms with Gasteiger partial charge >= 0.3 is 5.97 Å². The fraction of sp³-hybridized carbons (Fsp3) is 0.500. The summed E-state index contributed by atoms with van der Waals surface area (Å²) in [4.78, 5) is 15.2. The van der Waals surface area contributed by atoms with Gasteiger partial charge in [-0.1, -0.05) is 13.8 Å². The highest BCUT2D eigenvalue weighted by atomic mass is 32.1. The van der Waals surface area contributed by atoms with Crippen molar-refractivity contribution in [3.05, 3.63) is 28.0 Å². The molecule has 100 valence electrons. The quantitative estimate of drug-likeness (QED) is 0.733. The van der Waals surface area contributed by atoms with Crippen LogP contribution in [0, 0.1) is 0 Å². The first kappa shape index (κ1) is 14.9. The van der Waals surface area contributed by atoms with Gasteiger partial charge in [0, 0.05) is 22.4 Å². The molecule has 3 nitrogen and oxygen atoms in total. The molecule has 0 radical (unpaired) electrons. The van der Waals surface area contributed by atoms with E-state index in [-0.39, 0.29) is 0 Å². The third-order valence-corrected chi connectivity index (χ3v) is 3.57. The van der Waals surface area contributed by atoms with Crippen LogP contribution in [0.2, 0.25) is 0 Å². The summed E-state index contributed by atoms with van der Waals surface area (Å²) in [6.45, 7) is 7.58. The molecule has 1 heterocycles. The topological polar surface area (TPSA) is 40.5 Å². The molecule has 0 amide bonds. The molecule has 0 aromatic carbocycles. The zero-order chi connectivity index (χ0) is 13.4. The van der Waals surface area contributed by atoms with Crippen molar-refractivity contribution in [2.24, 2.45) is 0 Å². The van der Waals surface area contributed by atoms with Crippen LogP contribution in [0.25, 0.3) is 6.08 Å². The Morgan fingerprint density at radius 3 is 2.56 bits per heavy atom. The number of carboxylic acid groups (broad SMARTS) is 1. The summed E-state index contributed by atoms with van der Waals surface area (Å²) < 4.78 is 0. The van der Waals surface area contributed by atoms with Gasteiger partial charge in [-0.3, -0.25) is 4.90 Å². The van der Waals surface area contributed by atoms with E-state index in [4.69, 9.17) is 5.11 Å². The van der Waals surface area contributed by atoms with Crippen LogP contribution in [0.15, 0.2) is 18.2 Å². The summed E-state index contributed by atoms with van der Waals surface area (Å²) in [7, 11) is 0. The van der Waals surface area contributed by atoms with Crippen LogP contribution in [0.1, 0.15) is 36.4 Å². The SMILES string of the molecule is CCCN(CCC)Cc1ccc(C=CC(=O)O)s1. The molecule has 1 aromatic heterocycles. The first-order valence-electron chi connectivity index (χ1n) is 6.37. The van der Waals surface area contributed by atoms with Crippen molar-refractivity contribution in [2.75, 3.05) is 13.1 Å². The third-order valence-electron chi connectivity index (χ3n) is 2.53.